The van der Waals surface area contributed by atoms with Crippen molar-refractivity contribution in [3.63, 3.8) is 0 Å². The first-order valence-electron chi connectivity index (χ1n) is 9.70. The summed E-state index contributed by atoms with van der Waals surface area (Å²) in [7, 11) is 0. The van der Waals surface area contributed by atoms with Crippen LogP contribution in [-0.2, 0) is 13.1 Å². The van der Waals surface area contributed by atoms with Gasteiger partial charge in [0, 0.05) is 35.4 Å². The van der Waals surface area contributed by atoms with Gasteiger partial charge in [-0.1, -0.05) is 29.8 Å². The topological polar surface area (TPSA) is 51.7 Å². The van der Waals surface area contributed by atoms with E-state index in [1.165, 1.54) is 0 Å². The van der Waals surface area contributed by atoms with E-state index in [0.29, 0.717) is 41.9 Å². The van der Waals surface area contributed by atoms with Crippen LogP contribution in [0.15, 0.2) is 60.5 Å². The molecule has 0 atom stereocenters. The highest BCUT2D eigenvalue weighted by molar-refractivity contribution is 6.30. The number of carbonyl (C=O) groups excluding carboxylic acids is 1. The van der Waals surface area contributed by atoms with E-state index in [0.717, 1.165) is 28.1 Å². The van der Waals surface area contributed by atoms with Gasteiger partial charge in [-0.3, -0.25) is 14.7 Å². The van der Waals surface area contributed by atoms with Crippen molar-refractivity contribution < 1.29 is 14.3 Å². The summed E-state index contributed by atoms with van der Waals surface area (Å²) >= 11 is 6.06. The van der Waals surface area contributed by atoms with Crippen LogP contribution in [-0.4, -0.2) is 22.4 Å². The van der Waals surface area contributed by atoms with Crippen molar-refractivity contribution in [3.8, 4) is 11.5 Å². The van der Waals surface area contributed by atoms with Gasteiger partial charge in [0.15, 0.2) is 5.76 Å². The maximum atomic E-state index is 13.0. The monoisotopic (exact) mass is 418 g/mol. The molecule has 0 fully saturated rings. The fourth-order valence-electron chi connectivity index (χ4n) is 3.87. The molecule has 3 aromatic rings. The molecule has 150 valence electrons. The largest absolute Gasteiger partial charge is 0.477 e. The Balaban J connectivity index is 1.44. The van der Waals surface area contributed by atoms with Crippen LogP contribution in [0, 0.1) is 6.92 Å². The first-order chi connectivity index (χ1) is 14.6. The quantitative estimate of drug-likeness (QED) is 0.559. The van der Waals surface area contributed by atoms with E-state index in [1.54, 1.807) is 24.4 Å². The maximum absolute atomic E-state index is 13.0. The van der Waals surface area contributed by atoms with E-state index < -0.39 is 0 Å². The summed E-state index contributed by atoms with van der Waals surface area (Å²) in [6.07, 6.45) is 3.51. The van der Waals surface area contributed by atoms with Gasteiger partial charge in [-0.15, -0.1) is 0 Å². The molecule has 0 amide bonds. The Morgan fingerprint density at radius 2 is 2.07 bits per heavy atom. The lowest BCUT2D eigenvalue weighted by atomic mass is 10.00. The number of allylic oxidation sites excluding steroid dienone is 1. The third kappa shape index (κ3) is 3.47. The molecule has 5 rings (SSSR count). The Morgan fingerprint density at radius 3 is 2.87 bits per heavy atom. The van der Waals surface area contributed by atoms with Crippen LogP contribution in [0.2, 0.25) is 5.02 Å². The molecule has 0 saturated carbocycles. The maximum Gasteiger partial charge on any atom is 0.231 e. The molecule has 0 N–H and O–H groups in total. The zero-order chi connectivity index (χ0) is 20.7. The molecule has 3 heterocycles. The van der Waals surface area contributed by atoms with Gasteiger partial charge >= 0.3 is 0 Å². The van der Waals surface area contributed by atoms with E-state index in [9.17, 15) is 4.79 Å². The normalized spacial score (nSPS) is 16.7. The molecule has 2 aliphatic heterocycles. The average molecular weight is 419 g/mol. The second kappa shape index (κ2) is 7.59. The Kier molecular flexibility index (Phi) is 4.77. The fourth-order valence-corrected chi connectivity index (χ4v) is 4.07. The summed E-state index contributed by atoms with van der Waals surface area (Å²) in [5.74, 6) is 1.54. The van der Waals surface area contributed by atoms with Gasteiger partial charge in [-0.2, -0.15) is 0 Å². The number of benzene rings is 2. The lowest BCUT2D eigenvalue weighted by Crippen LogP contribution is -2.32. The van der Waals surface area contributed by atoms with E-state index in [-0.39, 0.29) is 5.78 Å². The van der Waals surface area contributed by atoms with Crippen molar-refractivity contribution in [2.75, 3.05) is 6.73 Å². The van der Waals surface area contributed by atoms with Crippen LogP contribution in [0.3, 0.4) is 0 Å². The first kappa shape index (κ1) is 18.9. The SMILES string of the molecule is Cc1c2c(cc3c1O/C(=C\c1cccc(Cl)c1)C3=O)CN(Cc1ccccn1)CO2. The predicted octanol–water partition coefficient (Wildman–Crippen LogP) is 5.01. The summed E-state index contributed by atoms with van der Waals surface area (Å²) in [4.78, 5) is 19.5. The minimum Gasteiger partial charge on any atom is -0.477 e. The number of hydrogen-bond acceptors (Lipinski definition) is 5. The number of carbonyl (C=O) groups is 1. The Labute approximate surface area is 179 Å². The van der Waals surface area contributed by atoms with Crippen molar-refractivity contribution in [2.45, 2.75) is 20.0 Å². The minimum absolute atomic E-state index is 0.127. The van der Waals surface area contributed by atoms with Crippen LogP contribution in [0.25, 0.3) is 6.08 Å². The summed E-state index contributed by atoms with van der Waals surface area (Å²) in [5.41, 5.74) is 4.20. The minimum atomic E-state index is -0.127. The molecule has 0 bridgehead atoms. The van der Waals surface area contributed by atoms with Crippen molar-refractivity contribution in [2.24, 2.45) is 0 Å². The third-order valence-electron chi connectivity index (χ3n) is 5.26. The molecule has 30 heavy (non-hydrogen) atoms. The molecule has 2 aromatic carbocycles. The molecule has 5 nitrogen and oxygen atoms in total. The van der Waals surface area contributed by atoms with Gasteiger partial charge in [0.05, 0.1) is 11.3 Å². The van der Waals surface area contributed by atoms with Gasteiger partial charge in [-0.25, -0.2) is 0 Å². The van der Waals surface area contributed by atoms with Gasteiger partial charge in [0.2, 0.25) is 5.78 Å². The molecule has 0 saturated heterocycles. The molecule has 0 aliphatic carbocycles. The number of nitrogens with zero attached hydrogens (tertiary/aromatic N) is 2. The number of ether oxygens (including phenoxy) is 2. The number of halogens is 1. The van der Waals surface area contributed by atoms with E-state index in [2.05, 4.69) is 9.88 Å². The van der Waals surface area contributed by atoms with Crippen LogP contribution in [0.4, 0.5) is 0 Å². The highest BCUT2D eigenvalue weighted by Crippen LogP contribution is 2.43. The van der Waals surface area contributed by atoms with Crippen LogP contribution in [0.1, 0.15) is 32.7 Å². The third-order valence-corrected chi connectivity index (χ3v) is 5.50. The first-order valence-corrected chi connectivity index (χ1v) is 10.1. The molecule has 0 spiro atoms. The number of rotatable bonds is 3. The molecular formula is C24H19ClN2O3. The standard InChI is InChI=1S/C24H19ClN2O3/c1-15-23-17(12-27(14-29-23)13-19-7-2-3-8-26-19)11-20-22(28)21(30-24(15)20)10-16-5-4-6-18(25)9-16/h2-11H,12-14H2,1H3/b21-10-. The summed E-state index contributed by atoms with van der Waals surface area (Å²) in [6, 6.07) is 15.1. The summed E-state index contributed by atoms with van der Waals surface area (Å²) in [6.45, 7) is 3.76. The molecule has 0 unspecified atom stereocenters. The van der Waals surface area contributed by atoms with Crippen LogP contribution in [0.5, 0.6) is 11.5 Å². The Morgan fingerprint density at radius 1 is 1.17 bits per heavy atom. The van der Waals surface area contributed by atoms with E-state index in [4.69, 9.17) is 21.1 Å². The van der Waals surface area contributed by atoms with Gasteiger partial charge in [0.1, 0.15) is 18.2 Å². The van der Waals surface area contributed by atoms with Gasteiger partial charge < -0.3 is 9.47 Å². The highest BCUT2D eigenvalue weighted by Gasteiger charge is 2.33. The molecule has 6 heteroatoms. The highest BCUT2D eigenvalue weighted by atomic mass is 35.5. The molecule has 0 radical (unpaired) electrons. The second-order valence-electron chi connectivity index (χ2n) is 7.44. The average Bonchev–Trinajstić information content (AvgIpc) is 3.05. The van der Waals surface area contributed by atoms with E-state index >= 15 is 0 Å². The molecule has 1 aromatic heterocycles. The predicted molar refractivity (Wildman–Crippen MR) is 115 cm³/mol. The zero-order valence-electron chi connectivity index (χ0n) is 16.4. The van der Waals surface area contributed by atoms with Crippen molar-refractivity contribution in [3.05, 3.63) is 93.5 Å². The number of ketones is 1. The lowest BCUT2D eigenvalue weighted by Gasteiger charge is -2.30. The lowest BCUT2D eigenvalue weighted by molar-refractivity contribution is 0.0865. The zero-order valence-corrected chi connectivity index (χ0v) is 17.1. The Hall–Kier alpha value is -3.15. The van der Waals surface area contributed by atoms with Crippen molar-refractivity contribution in [1.29, 1.82) is 0 Å². The number of aromatic nitrogens is 1. The number of fused-ring (bicyclic) bond motifs is 2. The van der Waals surface area contributed by atoms with Crippen molar-refractivity contribution >= 4 is 23.5 Å². The Bertz CT molecular complexity index is 1170. The smallest absolute Gasteiger partial charge is 0.231 e. The van der Waals surface area contributed by atoms with Crippen LogP contribution >= 0.6 is 11.6 Å². The number of pyridine rings is 1. The summed E-state index contributed by atoms with van der Waals surface area (Å²) < 4.78 is 12.0. The molecule has 2 aliphatic rings. The fraction of sp³-hybridized carbons (Fsp3) is 0.167. The van der Waals surface area contributed by atoms with Gasteiger partial charge in [0.25, 0.3) is 0 Å². The second-order valence-corrected chi connectivity index (χ2v) is 7.88. The van der Waals surface area contributed by atoms with E-state index in [1.807, 2.05) is 43.3 Å². The number of Topliss-reactive ketones (excluding diaryl/α,β-unsaturated/α-hetero) is 1. The molecular weight excluding hydrogens is 400 g/mol. The van der Waals surface area contributed by atoms with Gasteiger partial charge in [-0.05, 0) is 48.9 Å². The van der Waals surface area contributed by atoms with Crippen LogP contribution < -0.4 is 9.47 Å². The summed E-state index contributed by atoms with van der Waals surface area (Å²) in [5, 5.41) is 0.611. The van der Waals surface area contributed by atoms with Crippen molar-refractivity contribution in [1.82, 2.24) is 9.88 Å². The number of hydrogen-bond donors (Lipinski definition) is 0.